The van der Waals surface area contributed by atoms with E-state index in [0.29, 0.717) is 0 Å². The van der Waals surface area contributed by atoms with Gasteiger partial charge in [-0.2, -0.15) is 0 Å². The summed E-state index contributed by atoms with van der Waals surface area (Å²) in [4.78, 5) is 11.4. The van der Waals surface area contributed by atoms with Gasteiger partial charge in [-0.25, -0.2) is 4.79 Å². The van der Waals surface area contributed by atoms with Gasteiger partial charge in [-0.3, -0.25) is 0 Å². The van der Waals surface area contributed by atoms with Crippen LogP contribution in [0.2, 0.25) is 0 Å². The molecule has 0 unspecified atom stereocenters. The fourth-order valence-corrected chi connectivity index (χ4v) is 1.83. The van der Waals surface area contributed by atoms with E-state index >= 15 is 0 Å². The lowest BCUT2D eigenvalue weighted by atomic mass is 10.3. The predicted molar refractivity (Wildman–Crippen MR) is 64.7 cm³/mol. The molecule has 0 radical (unpaired) electrons. The van der Waals surface area contributed by atoms with E-state index in [4.69, 9.17) is 0 Å². The van der Waals surface area contributed by atoms with Gasteiger partial charge in [0.25, 0.3) is 0 Å². The number of amides is 2. The van der Waals surface area contributed by atoms with Crippen molar-refractivity contribution in [3.05, 3.63) is 18.2 Å². The molecule has 1 heterocycles. The van der Waals surface area contributed by atoms with Crippen molar-refractivity contribution in [2.75, 3.05) is 5.32 Å². The van der Waals surface area contributed by atoms with E-state index in [1.54, 1.807) is 6.07 Å². The van der Waals surface area contributed by atoms with Crippen molar-refractivity contribution in [2.24, 2.45) is 0 Å². The van der Waals surface area contributed by atoms with Crippen molar-refractivity contribution in [1.82, 2.24) is 14.9 Å². The Balaban J connectivity index is 2.11. The summed E-state index contributed by atoms with van der Waals surface area (Å²) in [7, 11) is 0. The minimum absolute atomic E-state index is 0.115. The third kappa shape index (κ3) is 2.46. The number of carbonyl (C=O) groups excluding carboxylic acids is 1. The van der Waals surface area contributed by atoms with Crippen molar-refractivity contribution in [2.45, 2.75) is 19.9 Å². The molecule has 0 aliphatic rings. The number of anilines is 1. The van der Waals surface area contributed by atoms with Crippen LogP contribution >= 0.6 is 11.5 Å². The second-order valence-corrected chi connectivity index (χ2v) is 4.49. The summed E-state index contributed by atoms with van der Waals surface area (Å²) in [5.41, 5.74) is 1.52. The van der Waals surface area contributed by atoms with Gasteiger partial charge in [0.15, 0.2) is 0 Å². The number of benzene rings is 1. The molecule has 6 heteroatoms. The highest BCUT2D eigenvalue weighted by Gasteiger charge is 2.05. The number of nitrogens with one attached hydrogen (secondary N) is 2. The Morgan fingerprint density at radius 2 is 2.25 bits per heavy atom. The first kappa shape index (κ1) is 10.8. The second-order valence-electron chi connectivity index (χ2n) is 3.71. The van der Waals surface area contributed by atoms with E-state index in [2.05, 4.69) is 20.2 Å². The average Bonchev–Trinajstić information content (AvgIpc) is 2.63. The molecule has 0 aliphatic heterocycles. The van der Waals surface area contributed by atoms with Crippen LogP contribution in [0.25, 0.3) is 10.2 Å². The van der Waals surface area contributed by atoms with Gasteiger partial charge in [-0.05, 0) is 43.6 Å². The van der Waals surface area contributed by atoms with Crippen LogP contribution in [0.1, 0.15) is 13.8 Å². The molecular weight excluding hydrogens is 224 g/mol. The van der Waals surface area contributed by atoms with Crippen LogP contribution < -0.4 is 10.6 Å². The maximum absolute atomic E-state index is 11.4. The Hall–Kier alpha value is -1.69. The highest BCUT2D eigenvalue weighted by molar-refractivity contribution is 7.12. The highest BCUT2D eigenvalue weighted by atomic mass is 32.1. The molecule has 0 spiro atoms. The smallest absolute Gasteiger partial charge is 0.319 e. The van der Waals surface area contributed by atoms with Crippen molar-refractivity contribution >= 4 is 33.5 Å². The normalized spacial score (nSPS) is 10.7. The molecule has 0 atom stereocenters. The monoisotopic (exact) mass is 236 g/mol. The van der Waals surface area contributed by atoms with E-state index < -0.39 is 0 Å². The van der Waals surface area contributed by atoms with Crippen LogP contribution in [0.15, 0.2) is 18.2 Å². The standard InChI is InChI=1S/C10H12N4OS/c1-6(2)11-10(15)12-7-3-4-9-8(5-7)13-14-16-9/h3-6H,1-2H3,(H2,11,12,15). The fraction of sp³-hybridized carbons (Fsp3) is 0.300. The molecule has 0 fully saturated rings. The summed E-state index contributed by atoms with van der Waals surface area (Å²) in [5.74, 6) is 0. The third-order valence-corrected chi connectivity index (χ3v) is 2.63. The summed E-state index contributed by atoms with van der Waals surface area (Å²) in [6, 6.07) is 5.44. The van der Waals surface area contributed by atoms with E-state index in [9.17, 15) is 4.79 Å². The summed E-state index contributed by atoms with van der Waals surface area (Å²) in [5, 5.41) is 9.44. The maximum Gasteiger partial charge on any atom is 0.319 e. The van der Waals surface area contributed by atoms with Crippen LogP contribution in [-0.2, 0) is 0 Å². The molecule has 84 valence electrons. The topological polar surface area (TPSA) is 66.9 Å². The minimum atomic E-state index is -0.211. The molecule has 0 aliphatic carbocycles. The maximum atomic E-state index is 11.4. The molecule has 1 aromatic heterocycles. The quantitative estimate of drug-likeness (QED) is 0.840. The zero-order valence-electron chi connectivity index (χ0n) is 9.02. The van der Waals surface area contributed by atoms with Crippen molar-refractivity contribution in [3.8, 4) is 0 Å². The lowest BCUT2D eigenvalue weighted by molar-refractivity contribution is 0.250. The predicted octanol–water partition coefficient (Wildman–Crippen LogP) is 2.22. The largest absolute Gasteiger partial charge is 0.336 e. The van der Waals surface area contributed by atoms with Gasteiger partial charge >= 0.3 is 6.03 Å². The van der Waals surface area contributed by atoms with Crippen molar-refractivity contribution in [1.29, 1.82) is 0 Å². The van der Waals surface area contributed by atoms with Gasteiger partial charge in [-0.15, -0.1) is 5.10 Å². The molecule has 2 amide bonds. The summed E-state index contributed by atoms with van der Waals surface area (Å²) < 4.78 is 4.84. The number of fused-ring (bicyclic) bond motifs is 1. The van der Waals surface area contributed by atoms with Gasteiger partial charge in [-0.1, -0.05) is 4.49 Å². The summed E-state index contributed by atoms with van der Waals surface area (Å²) >= 11 is 1.34. The van der Waals surface area contributed by atoms with Crippen LogP contribution in [0.3, 0.4) is 0 Å². The second kappa shape index (κ2) is 4.44. The molecule has 1 aromatic carbocycles. The molecule has 16 heavy (non-hydrogen) atoms. The van der Waals surface area contributed by atoms with Crippen LogP contribution in [-0.4, -0.2) is 21.7 Å². The van der Waals surface area contributed by atoms with Crippen LogP contribution in [0.5, 0.6) is 0 Å². The van der Waals surface area contributed by atoms with Gasteiger partial charge in [0.2, 0.25) is 0 Å². The first-order valence-electron chi connectivity index (χ1n) is 4.95. The lowest BCUT2D eigenvalue weighted by Crippen LogP contribution is -2.34. The lowest BCUT2D eigenvalue weighted by Gasteiger charge is -2.09. The number of carbonyl (C=O) groups is 1. The molecule has 0 saturated heterocycles. The Bertz CT molecular complexity index is 508. The van der Waals surface area contributed by atoms with Gasteiger partial charge in [0, 0.05) is 11.7 Å². The van der Waals surface area contributed by atoms with E-state index in [0.717, 1.165) is 15.9 Å². The Morgan fingerprint density at radius 3 is 3.00 bits per heavy atom. The number of hydrogen-bond acceptors (Lipinski definition) is 4. The third-order valence-electron chi connectivity index (χ3n) is 1.92. The Kier molecular flexibility index (Phi) is 3.00. The molecule has 5 nitrogen and oxygen atoms in total. The fourth-order valence-electron chi connectivity index (χ4n) is 1.29. The number of aromatic nitrogens is 2. The Labute approximate surface area is 97.0 Å². The number of hydrogen-bond donors (Lipinski definition) is 2. The molecule has 2 aromatic rings. The van der Waals surface area contributed by atoms with Crippen molar-refractivity contribution in [3.63, 3.8) is 0 Å². The Morgan fingerprint density at radius 1 is 1.44 bits per heavy atom. The molecule has 0 bridgehead atoms. The summed E-state index contributed by atoms with van der Waals surface area (Å²) in [6.07, 6.45) is 0. The van der Waals surface area contributed by atoms with Crippen LogP contribution in [0.4, 0.5) is 10.5 Å². The van der Waals surface area contributed by atoms with E-state index in [1.807, 2.05) is 26.0 Å². The zero-order chi connectivity index (χ0) is 11.5. The SMILES string of the molecule is CC(C)NC(=O)Nc1ccc2snnc2c1. The first-order chi connectivity index (χ1) is 7.65. The zero-order valence-corrected chi connectivity index (χ0v) is 9.84. The molecule has 0 saturated carbocycles. The number of rotatable bonds is 2. The highest BCUT2D eigenvalue weighted by Crippen LogP contribution is 2.19. The van der Waals surface area contributed by atoms with Gasteiger partial charge in [0.05, 0.1) is 4.70 Å². The molecular formula is C10H12N4OS. The van der Waals surface area contributed by atoms with Crippen molar-refractivity contribution < 1.29 is 4.79 Å². The minimum Gasteiger partial charge on any atom is -0.336 e. The molecule has 2 rings (SSSR count). The van der Waals surface area contributed by atoms with E-state index in [-0.39, 0.29) is 12.1 Å². The summed E-state index contributed by atoms with van der Waals surface area (Å²) in [6.45, 7) is 3.82. The number of urea groups is 1. The van der Waals surface area contributed by atoms with Crippen LogP contribution in [0, 0.1) is 0 Å². The molecule has 2 N–H and O–H groups in total. The first-order valence-corrected chi connectivity index (χ1v) is 5.72. The average molecular weight is 236 g/mol. The van der Waals surface area contributed by atoms with Gasteiger partial charge in [0.1, 0.15) is 5.52 Å². The van der Waals surface area contributed by atoms with E-state index in [1.165, 1.54) is 11.5 Å². The van der Waals surface area contributed by atoms with Gasteiger partial charge < -0.3 is 10.6 Å². The number of nitrogens with zero attached hydrogens (tertiary/aromatic N) is 2.